The maximum atomic E-state index is 12.2. The van der Waals surface area contributed by atoms with E-state index in [1.54, 1.807) is 12.1 Å². The molecule has 3 nitrogen and oxygen atoms in total. The summed E-state index contributed by atoms with van der Waals surface area (Å²) >= 11 is 6.46. The van der Waals surface area contributed by atoms with Crippen molar-refractivity contribution in [2.45, 2.75) is 38.9 Å². The van der Waals surface area contributed by atoms with Gasteiger partial charge in [-0.25, -0.2) is 0 Å². The Morgan fingerprint density at radius 3 is 2.05 bits per heavy atom. The number of carbonyl (C=O) groups is 1. The molecule has 1 aromatic carbocycles. The van der Waals surface area contributed by atoms with Gasteiger partial charge in [-0.1, -0.05) is 30.3 Å². The Kier molecular flexibility index (Phi) is 3.98. The molecule has 0 unspecified atom stereocenters. The Morgan fingerprint density at radius 1 is 1.11 bits per heavy atom. The van der Waals surface area contributed by atoms with Crippen LogP contribution in [0.2, 0.25) is 0 Å². The van der Waals surface area contributed by atoms with Gasteiger partial charge in [-0.2, -0.15) is 0 Å². The summed E-state index contributed by atoms with van der Waals surface area (Å²) in [7, 11) is 0. The zero-order valence-electron chi connectivity index (χ0n) is 11.4. The maximum Gasteiger partial charge on any atom is 0.256 e. The number of benzene rings is 1. The highest BCUT2D eigenvalue weighted by Crippen LogP contribution is 2.72. The van der Waals surface area contributed by atoms with Crippen molar-refractivity contribution in [3.05, 3.63) is 35.9 Å². The lowest BCUT2D eigenvalue weighted by atomic mass is 9.90. The molecule has 0 radical (unpaired) electrons. The second-order valence-corrected chi connectivity index (χ2v) is 11.3. The summed E-state index contributed by atoms with van der Waals surface area (Å²) in [6.07, 6.45) is 0. The third kappa shape index (κ3) is 3.11. The van der Waals surface area contributed by atoms with Crippen LogP contribution in [0.1, 0.15) is 38.1 Å². The molecule has 0 aliphatic carbocycles. The predicted octanol–water partition coefficient (Wildman–Crippen LogP) is 4.39. The molecule has 0 N–H and O–H groups in total. The molecule has 6 heteroatoms. The number of carbonyl (C=O) groups excluding carboxylic acids is 1. The Morgan fingerprint density at radius 2 is 1.58 bits per heavy atom. The molecule has 1 fully saturated rings. The lowest BCUT2D eigenvalue weighted by Crippen LogP contribution is -2.41. The van der Waals surface area contributed by atoms with E-state index in [9.17, 15) is 4.79 Å². The lowest BCUT2D eigenvalue weighted by molar-refractivity contribution is 0.00578. The minimum atomic E-state index is -2.63. The van der Waals surface area contributed by atoms with E-state index >= 15 is 0 Å². The van der Waals surface area contributed by atoms with Crippen LogP contribution >= 0.6 is 17.1 Å². The summed E-state index contributed by atoms with van der Waals surface area (Å²) in [5.41, 5.74) is -3.00. The van der Waals surface area contributed by atoms with Crippen molar-refractivity contribution in [1.29, 1.82) is 0 Å². The highest BCUT2D eigenvalue weighted by molar-refractivity contribution is 8.73. The van der Waals surface area contributed by atoms with Crippen LogP contribution < -0.4 is 0 Å². The average Bonchev–Trinajstić information content (AvgIpc) is 2.43. The maximum absolute atomic E-state index is 12.2. The molecule has 0 amide bonds. The molecule has 19 heavy (non-hydrogen) atoms. The number of hydrogen-bond donors (Lipinski definition) is 0. The van der Waals surface area contributed by atoms with Crippen LogP contribution in [0.15, 0.2) is 30.3 Å². The van der Waals surface area contributed by atoms with Crippen LogP contribution in [0.5, 0.6) is 0 Å². The van der Waals surface area contributed by atoms with Gasteiger partial charge in [0.15, 0.2) is 0 Å². The van der Waals surface area contributed by atoms with Gasteiger partial charge in [0.05, 0.1) is 11.2 Å². The number of rotatable bonds is 2. The van der Waals surface area contributed by atoms with Crippen LogP contribution in [0.25, 0.3) is 0 Å². The molecule has 0 saturated carbocycles. The van der Waals surface area contributed by atoms with Crippen molar-refractivity contribution in [3.63, 3.8) is 0 Å². The number of hydrogen-bond acceptors (Lipinski definition) is 5. The average molecular weight is 316 g/mol. The smallest absolute Gasteiger partial charge is 0.256 e. The van der Waals surface area contributed by atoms with Gasteiger partial charge in [-0.05, 0) is 39.5 Å². The quantitative estimate of drug-likeness (QED) is 0.756. The van der Waals surface area contributed by atoms with Gasteiger partial charge >= 0.3 is 0 Å². The fraction of sp³-hybridized carbons (Fsp3) is 0.462. The van der Waals surface area contributed by atoms with Gasteiger partial charge in [-0.3, -0.25) is 4.79 Å². The van der Waals surface area contributed by atoms with Crippen LogP contribution in [0, 0.1) is 0 Å². The summed E-state index contributed by atoms with van der Waals surface area (Å²) < 4.78 is 11.8. The first-order valence-electron chi connectivity index (χ1n) is 5.96. The molecule has 1 aromatic rings. The van der Waals surface area contributed by atoms with Crippen molar-refractivity contribution in [1.82, 2.24) is 0 Å². The van der Waals surface area contributed by atoms with Crippen molar-refractivity contribution in [3.8, 4) is 0 Å². The molecule has 1 aliphatic rings. The van der Waals surface area contributed by atoms with Gasteiger partial charge in [0.2, 0.25) is 5.12 Å². The van der Waals surface area contributed by atoms with E-state index in [1.165, 1.54) is 0 Å². The minimum absolute atomic E-state index is 0.0996. The zero-order valence-corrected chi connectivity index (χ0v) is 13.9. The third-order valence-corrected chi connectivity index (χ3v) is 8.05. The molecule has 0 atom stereocenters. The fourth-order valence-corrected chi connectivity index (χ4v) is 7.67. The second kappa shape index (κ2) is 4.97. The van der Waals surface area contributed by atoms with Gasteiger partial charge in [0, 0.05) is 16.9 Å². The van der Waals surface area contributed by atoms with Crippen molar-refractivity contribution in [2.24, 2.45) is 0 Å². The molecule has 1 saturated heterocycles. The highest BCUT2D eigenvalue weighted by Gasteiger charge is 2.53. The Hall–Kier alpha value is -0.190. The Balaban J connectivity index is 2.17. The molecule has 1 heterocycles. The molecule has 104 valence electrons. The Labute approximate surface area is 123 Å². The summed E-state index contributed by atoms with van der Waals surface area (Å²) in [5.74, 6) is 0. The predicted molar refractivity (Wildman–Crippen MR) is 83.0 cm³/mol. The van der Waals surface area contributed by atoms with E-state index in [1.807, 2.05) is 45.9 Å². The van der Waals surface area contributed by atoms with Crippen molar-refractivity contribution < 1.29 is 13.8 Å². The molecule has 1 aliphatic heterocycles. The summed E-state index contributed by atoms with van der Waals surface area (Å²) in [6, 6.07) is 9.06. The monoisotopic (exact) mass is 316 g/mol. The summed E-state index contributed by atoms with van der Waals surface area (Å²) in [5, 5.41) is -0.0996. The van der Waals surface area contributed by atoms with E-state index in [0.717, 1.165) is 11.4 Å². The minimum Gasteiger partial charge on any atom is -0.312 e. The molecule has 2 rings (SSSR count). The first-order valence-corrected chi connectivity index (χ1v) is 10.0. The van der Waals surface area contributed by atoms with Gasteiger partial charge < -0.3 is 9.05 Å². The standard InChI is InChI=1S/C13H17O3PS2/c1-12(2)13(3,4)16-17(18,15-12)19-11(14)10-8-6-5-7-9-10/h5-9H,1-4H3. The molecular formula is C13H17O3PS2. The molecule has 0 bridgehead atoms. The van der Waals surface area contributed by atoms with Crippen molar-refractivity contribution >= 4 is 34.0 Å². The lowest BCUT2D eigenvalue weighted by Gasteiger charge is -2.29. The molecular weight excluding hydrogens is 299 g/mol. The van der Waals surface area contributed by atoms with E-state index < -0.39 is 16.9 Å². The molecule has 0 spiro atoms. The van der Waals surface area contributed by atoms with E-state index in [2.05, 4.69) is 0 Å². The first kappa shape index (κ1) is 15.2. The fourth-order valence-electron chi connectivity index (χ4n) is 1.56. The summed E-state index contributed by atoms with van der Waals surface area (Å²) in [6.45, 7) is 7.76. The SMILES string of the molecule is CC1(C)OP(=S)(SC(=O)c2ccccc2)OC1(C)C. The largest absolute Gasteiger partial charge is 0.312 e. The molecule has 0 aromatic heterocycles. The normalized spacial score (nSPS) is 23.2. The van der Waals surface area contributed by atoms with Crippen LogP contribution in [-0.4, -0.2) is 16.3 Å². The highest BCUT2D eigenvalue weighted by atomic mass is 32.9. The van der Waals surface area contributed by atoms with Crippen molar-refractivity contribution in [2.75, 3.05) is 0 Å². The summed E-state index contributed by atoms with van der Waals surface area (Å²) in [4.78, 5) is 12.2. The Bertz CT molecular complexity index is 520. The third-order valence-electron chi connectivity index (χ3n) is 3.33. The first-order chi connectivity index (χ1) is 8.65. The van der Waals surface area contributed by atoms with Gasteiger partial charge in [0.1, 0.15) is 0 Å². The topological polar surface area (TPSA) is 35.5 Å². The van der Waals surface area contributed by atoms with E-state index in [-0.39, 0.29) is 5.12 Å². The van der Waals surface area contributed by atoms with Gasteiger partial charge in [-0.15, -0.1) is 0 Å². The van der Waals surface area contributed by atoms with E-state index in [4.69, 9.17) is 20.9 Å². The van der Waals surface area contributed by atoms with Crippen LogP contribution in [-0.2, 0) is 20.9 Å². The second-order valence-electron chi connectivity index (χ2n) is 5.40. The van der Waals surface area contributed by atoms with Crippen LogP contribution in [0.4, 0.5) is 0 Å². The zero-order chi connectivity index (χ0) is 14.3. The van der Waals surface area contributed by atoms with E-state index in [0.29, 0.717) is 5.56 Å². The van der Waals surface area contributed by atoms with Crippen LogP contribution in [0.3, 0.4) is 0 Å². The van der Waals surface area contributed by atoms with Gasteiger partial charge in [0.25, 0.3) is 5.69 Å².